The predicted octanol–water partition coefficient (Wildman–Crippen LogP) is 5.88. The Morgan fingerprint density at radius 3 is 2.11 bits per heavy atom. The number of carbonyl (C=O) groups excluding carboxylic acids is 1. The first-order valence-electron chi connectivity index (χ1n) is 12.5. The summed E-state index contributed by atoms with van der Waals surface area (Å²) in [6.07, 6.45) is 7.75. The van der Waals surface area contributed by atoms with Crippen LogP contribution in [0.25, 0.3) is 0 Å². The zero-order valence-corrected chi connectivity index (χ0v) is 20.7. The minimum absolute atomic E-state index is 0.0211. The summed E-state index contributed by atoms with van der Waals surface area (Å²) in [5.74, 6) is 0.563. The second kappa shape index (κ2) is 9.86. The Bertz CT molecular complexity index is 1260. The summed E-state index contributed by atoms with van der Waals surface area (Å²) < 4.78 is 28.6. The first-order chi connectivity index (χ1) is 17.0. The fourth-order valence-corrected chi connectivity index (χ4v) is 6.20. The van der Waals surface area contributed by atoms with Crippen LogP contribution in [0.15, 0.2) is 83.8 Å². The van der Waals surface area contributed by atoms with E-state index >= 15 is 0 Å². The number of hydrogen-bond acceptors (Lipinski definition) is 3. The highest BCUT2D eigenvalue weighted by Gasteiger charge is 2.51. The Hall–Kier alpha value is -3.12. The largest absolute Gasteiger partial charge is 0.351 e. The summed E-state index contributed by atoms with van der Waals surface area (Å²) in [6, 6.07) is 24.4. The summed E-state index contributed by atoms with van der Waals surface area (Å²) in [5, 5.41) is 3.05. The van der Waals surface area contributed by atoms with Crippen molar-refractivity contribution in [2.75, 3.05) is 4.72 Å². The fraction of sp³-hybridized carbons (Fsp3) is 0.345. The van der Waals surface area contributed by atoms with Gasteiger partial charge in [-0.25, -0.2) is 8.42 Å². The molecule has 3 aromatic carbocycles. The molecular weight excluding hydrogens is 456 g/mol. The third kappa shape index (κ3) is 5.27. The molecular formula is C29H32N2O3S. The van der Waals surface area contributed by atoms with Gasteiger partial charge in [-0.05, 0) is 72.6 Å². The highest BCUT2D eigenvalue weighted by molar-refractivity contribution is 7.92. The number of amides is 1. The number of sulfonamides is 1. The summed E-state index contributed by atoms with van der Waals surface area (Å²) in [4.78, 5) is 13.2. The van der Waals surface area contributed by atoms with Gasteiger partial charge in [0, 0.05) is 12.2 Å². The minimum atomic E-state index is -3.68. The van der Waals surface area contributed by atoms with E-state index in [9.17, 15) is 13.2 Å². The summed E-state index contributed by atoms with van der Waals surface area (Å²) in [6.45, 7) is 0.499. The Kier molecular flexibility index (Phi) is 6.65. The molecule has 5 nitrogen and oxygen atoms in total. The zero-order chi connectivity index (χ0) is 24.3. The maximum Gasteiger partial charge on any atom is 0.261 e. The first kappa shape index (κ1) is 23.6. The van der Waals surface area contributed by atoms with Gasteiger partial charge < -0.3 is 5.32 Å². The molecule has 182 valence electrons. The summed E-state index contributed by atoms with van der Waals surface area (Å²) in [5.41, 5.74) is 3.19. The quantitative estimate of drug-likeness (QED) is 0.416. The lowest BCUT2D eigenvalue weighted by Gasteiger charge is -2.22. The van der Waals surface area contributed by atoms with Crippen molar-refractivity contribution in [3.8, 4) is 0 Å². The van der Waals surface area contributed by atoms with Crippen LogP contribution in [0.1, 0.15) is 67.6 Å². The average molecular weight is 489 g/mol. The summed E-state index contributed by atoms with van der Waals surface area (Å²) in [7, 11) is -3.68. The smallest absolute Gasteiger partial charge is 0.261 e. The molecule has 0 saturated heterocycles. The third-order valence-corrected chi connectivity index (χ3v) is 8.83. The molecule has 6 heteroatoms. The van der Waals surface area contributed by atoms with Crippen molar-refractivity contribution in [1.82, 2.24) is 5.32 Å². The molecule has 0 unspecified atom stereocenters. The van der Waals surface area contributed by atoms with Gasteiger partial charge in [-0.1, -0.05) is 73.9 Å². The molecule has 5 rings (SSSR count). The maximum absolute atomic E-state index is 12.9. The van der Waals surface area contributed by atoms with Crippen molar-refractivity contribution in [2.24, 2.45) is 0 Å². The standard InChI is InChI=1S/C29H32N2O3S/c32-28(30-21-22-7-3-1-4-8-22)29(19-20-29)25-13-15-26(16-14-25)31-35(33,34)27-17-11-24(12-18-27)23-9-5-2-6-10-23/h1,3-4,7-8,11-18,23,31H,2,5-6,9-10,19-21H2,(H,30,32). The van der Waals surface area contributed by atoms with Gasteiger partial charge in [-0.2, -0.15) is 0 Å². The Morgan fingerprint density at radius 2 is 1.49 bits per heavy atom. The van der Waals surface area contributed by atoms with Gasteiger partial charge in [-0.3, -0.25) is 9.52 Å². The third-order valence-electron chi connectivity index (χ3n) is 7.44. The van der Waals surface area contributed by atoms with Crippen molar-refractivity contribution in [2.45, 2.75) is 67.7 Å². The van der Waals surface area contributed by atoms with Crippen LogP contribution in [-0.2, 0) is 26.8 Å². The molecule has 2 aliphatic carbocycles. The molecule has 2 fully saturated rings. The van der Waals surface area contributed by atoms with Gasteiger partial charge in [0.1, 0.15) is 0 Å². The van der Waals surface area contributed by atoms with Gasteiger partial charge in [-0.15, -0.1) is 0 Å². The normalized spacial score (nSPS) is 17.5. The van der Waals surface area contributed by atoms with Crippen LogP contribution in [0.4, 0.5) is 5.69 Å². The minimum Gasteiger partial charge on any atom is -0.351 e. The van der Waals surface area contributed by atoms with Crippen molar-refractivity contribution in [1.29, 1.82) is 0 Å². The maximum atomic E-state index is 12.9. The molecule has 1 amide bonds. The van der Waals surface area contributed by atoms with Gasteiger partial charge >= 0.3 is 0 Å². The second-order valence-electron chi connectivity index (χ2n) is 9.84. The lowest BCUT2D eigenvalue weighted by Crippen LogP contribution is -2.34. The Balaban J connectivity index is 1.22. The topological polar surface area (TPSA) is 75.3 Å². The molecule has 0 radical (unpaired) electrons. The highest BCUT2D eigenvalue weighted by atomic mass is 32.2. The van der Waals surface area contributed by atoms with Crippen LogP contribution in [0, 0.1) is 0 Å². The first-order valence-corrected chi connectivity index (χ1v) is 14.0. The van der Waals surface area contributed by atoms with Crippen molar-refractivity contribution >= 4 is 21.6 Å². The highest BCUT2D eigenvalue weighted by Crippen LogP contribution is 2.48. The Morgan fingerprint density at radius 1 is 0.829 bits per heavy atom. The van der Waals surface area contributed by atoms with Crippen LogP contribution in [0.5, 0.6) is 0 Å². The van der Waals surface area contributed by atoms with Crippen LogP contribution >= 0.6 is 0 Å². The molecule has 0 spiro atoms. The molecule has 2 aliphatic rings. The van der Waals surface area contributed by atoms with Gasteiger partial charge in [0.05, 0.1) is 10.3 Å². The lowest BCUT2D eigenvalue weighted by atomic mass is 9.84. The molecule has 0 aliphatic heterocycles. The van der Waals surface area contributed by atoms with Crippen LogP contribution < -0.4 is 10.0 Å². The Labute approximate surface area is 208 Å². The molecule has 3 aromatic rings. The van der Waals surface area contributed by atoms with Crippen LogP contribution in [-0.4, -0.2) is 14.3 Å². The van der Waals surface area contributed by atoms with E-state index in [1.165, 1.54) is 37.7 Å². The molecule has 0 atom stereocenters. The zero-order valence-electron chi connectivity index (χ0n) is 19.9. The van der Waals surface area contributed by atoms with Crippen LogP contribution in [0.3, 0.4) is 0 Å². The number of nitrogens with one attached hydrogen (secondary N) is 2. The summed E-state index contributed by atoms with van der Waals surface area (Å²) >= 11 is 0. The fourth-order valence-electron chi connectivity index (χ4n) is 5.15. The van der Waals surface area contributed by atoms with Gasteiger partial charge in [0.15, 0.2) is 0 Å². The molecule has 2 N–H and O–H groups in total. The van der Waals surface area contributed by atoms with E-state index in [-0.39, 0.29) is 10.8 Å². The lowest BCUT2D eigenvalue weighted by molar-refractivity contribution is -0.123. The molecule has 0 bridgehead atoms. The number of benzene rings is 3. The van der Waals surface area contributed by atoms with Gasteiger partial charge in [0.2, 0.25) is 5.91 Å². The number of anilines is 1. The number of rotatable bonds is 8. The number of hydrogen-bond donors (Lipinski definition) is 2. The van der Waals surface area contributed by atoms with E-state index in [2.05, 4.69) is 10.0 Å². The molecule has 0 heterocycles. The van der Waals surface area contributed by atoms with Crippen molar-refractivity contribution < 1.29 is 13.2 Å². The molecule has 0 aromatic heterocycles. The van der Waals surface area contributed by atoms with Crippen LogP contribution in [0.2, 0.25) is 0 Å². The van der Waals surface area contributed by atoms with E-state index in [4.69, 9.17) is 0 Å². The predicted molar refractivity (Wildman–Crippen MR) is 139 cm³/mol. The van der Waals surface area contributed by atoms with E-state index in [0.29, 0.717) is 18.2 Å². The average Bonchev–Trinajstić information content (AvgIpc) is 3.71. The van der Waals surface area contributed by atoms with Gasteiger partial charge in [0.25, 0.3) is 10.0 Å². The monoisotopic (exact) mass is 488 g/mol. The van der Waals surface area contributed by atoms with E-state index < -0.39 is 15.4 Å². The van der Waals surface area contributed by atoms with E-state index in [1.807, 2.05) is 54.6 Å². The molecule has 35 heavy (non-hydrogen) atoms. The van der Waals surface area contributed by atoms with Crippen molar-refractivity contribution in [3.05, 3.63) is 95.6 Å². The van der Waals surface area contributed by atoms with Crippen molar-refractivity contribution in [3.63, 3.8) is 0 Å². The SMILES string of the molecule is O=C(NCc1ccccc1)C1(c2ccc(NS(=O)(=O)c3ccc(C4CCCCC4)cc3)cc2)CC1. The number of carbonyl (C=O) groups is 1. The van der Waals surface area contributed by atoms with E-state index in [0.717, 1.165) is 24.0 Å². The molecule has 2 saturated carbocycles. The second-order valence-corrected chi connectivity index (χ2v) is 11.5. The van der Waals surface area contributed by atoms with E-state index in [1.54, 1.807) is 24.3 Å².